The number of rotatable bonds is 28. The van der Waals surface area contributed by atoms with Crippen molar-refractivity contribution >= 4 is 131 Å². The van der Waals surface area contributed by atoms with Gasteiger partial charge >= 0.3 is 42.3 Å². The molecule has 0 aromatic heterocycles. The third-order valence-corrected chi connectivity index (χ3v) is 33.1. The van der Waals surface area contributed by atoms with Crippen LogP contribution in [-0.2, 0) is 165 Å². The summed E-state index contributed by atoms with van der Waals surface area (Å²) in [6, 6.07) is 8.14. The molecule has 6 aliphatic carbocycles. The average Bonchev–Trinajstić information content (AvgIpc) is 1.58. The minimum absolute atomic E-state index is 0.00246. The van der Waals surface area contributed by atoms with Crippen molar-refractivity contribution in [3.63, 3.8) is 0 Å². The monoisotopic (exact) mass is 2040 g/mol. The van der Waals surface area contributed by atoms with Crippen molar-refractivity contribution in [3.8, 4) is 0 Å². The summed E-state index contributed by atoms with van der Waals surface area (Å²) in [4.78, 5) is 230. The number of likely N-dealkylation sites (tertiary alicyclic amines) is 3. The van der Waals surface area contributed by atoms with E-state index in [4.69, 9.17) is 33.2 Å². The van der Waals surface area contributed by atoms with Gasteiger partial charge in [0.2, 0.25) is 53.7 Å². The molecule has 142 heavy (non-hydrogen) atoms. The Hall–Kier alpha value is -13.3. The molecule has 0 bridgehead atoms. The van der Waals surface area contributed by atoms with E-state index < -0.39 is 278 Å². The van der Waals surface area contributed by atoms with Crippen LogP contribution in [0.3, 0.4) is 0 Å². The van der Waals surface area contributed by atoms with Crippen molar-refractivity contribution in [2.24, 2.45) is 17.8 Å². The number of nitrogens with zero attached hydrogens (tertiary/aromatic N) is 6. The molecule has 12 fully saturated rings. The summed E-state index contributed by atoms with van der Waals surface area (Å²) in [7, 11) is -11.8. The van der Waals surface area contributed by atoms with E-state index in [0.717, 1.165) is 14.7 Å². The molecule has 3 aromatic rings. The van der Waals surface area contributed by atoms with Crippen LogP contribution in [0, 0.1) is 35.2 Å². The van der Waals surface area contributed by atoms with Gasteiger partial charge in [0.1, 0.15) is 82.1 Å². The van der Waals surface area contributed by atoms with E-state index in [1.54, 1.807) is 51.1 Å². The maximum Gasteiger partial charge on any atom is 0.410 e. The number of sulfonamides is 3. The highest BCUT2D eigenvalue weighted by Crippen LogP contribution is 2.49. The molecule has 14 amide bonds. The summed E-state index contributed by atoms with van der Waals surface area (Å²) in [5.41, 5.74) is -2.89. The molecule has 50 heteroatoms. The smallest absolute Gasteiger partial charge is 0.410 e. The van der Waals surface area contributed by atoms with E-state index in [2.05, 4.69) is 60.5 Å². The minimum atomic E-state index is -4.00. The predicted octanol–water partition coefficient (Wildman–Crippen LogP) is 1.88. The van der Waals surface area contributed by atoms with Gasteiger partial charge < -0.3 is 74.4 Å². The number of nitrogens with one attached hydrogen (secondary N) is 8. The Morgan fingerprint density at radius 1 is 0.444 bits per heavy atom. The number of esters is 3. The number of carbonyl (C=O) groups is 17. The molecule has 6 saturated carbocycles. The topological polar surface area (TPSA) is 573 Å². The lowest BCUT2D eigenvalue weighted by molar-refractivity contribution is -0.154. The van der Waals surface area contributed by atoms with Gasteiger partial charge in [0.15, 0.2) is 18.3 Å². The number of hydrogen-bond donors (Lipinski definition) is 8. The molecular formula is C92H107F3N14O30S3. The molecule has 15 aliphatic rings. The molecule has 0 spiro atoms. The summed E-state index contributed by atoms with van der Waals surface area (Å²) in [6.07, 6.45) is -2.83. The quantitative estimate of drug-likeness (QED) is 0.0292. The van der Waals surface area contributed by atoms with Gasteiger partial charge in [0.25, 0.3) is 35.4 Å². The molecule has 6 saturated heterocycles. The van der Waals surface area contributed by atoms with Crippen molar-refractivity contribution in [2.45, 2.75) is 274 Å². The van der Waals surface area contributed by atoms with Crippen LogP contribution >= 0.6 is 0 Å². The molecule has 3 aromatic carbocycles. The molecule has 0 unspecified atom stereocenters. The predicted molar refractivity (Wildman–Crippen MR) is 479 cm³/mol. The molecular weight excluding hydrogens is 1930 g/mol. The summed E-state index contributed by atoms with van der Waals surface area (Å²) in [6.45, 7) is 14.7. The molecule has 9 aliphatic heterocycles. The Balaban J connectivity index is 0.000000155. The maximum absolute atomic E-state index is 14.4. The summed E-state index contributed by atoms with van der Waals surface area (Å²) in [5.74, 6) is -12.9. The number of amides is 14. The van der Waals surface area contributed by atoms with Gasteiger partial charge in [-0.25, -0.2) is 57.6 Å². The lowest BCUT2D eigenvalue weighted by Gasteiger charge is -2.30. The van der Waals surface area contributed by atoms with E-state index in [9.17, 15) is 120 Å². The Labute approximate surface area is 812 Å². The van der Waals surface area contributed by atoms with Crippen LogP contribution in [0.1, 0.15) is 170 Å². The largest absolute Gasteiger partial charge is 0.452 e. The van der Waals surface area contributed by atoms with Crippen LogP contribution in [0.2, 0.25) is 0 Å². The third-order valence-electron chi connectivity index (χ3n) is 27.6. The van der Waals surface area contributed by atoms with Crippen molar-refractivity contribution in [1.82, 2.24) is 70.1 Å². The Bertz CT molecular complexity index is 5930. The summed E-state index contributed by atoms with van der Waals surface area (Å²) in [5, 5.41) is 10.8. The maximum atomic E-state index is 14.4. The van der Waals surface area contributed by atoms with Gasteiger partial charge in [-0.2, -0.15) is 0 Å². The summed E-state index contributed by atoms with van der Waals surface area (Å²) < 4.78 is 162. The van der Waals surface area contributed by atoms with Crippen LogP contribution in [0.15, 0.2) is 92.6 Å². The highest BCUT2D eigenvalue weighted by atomic mass is 32.2. The highest BCUT2D eigenvalue weighted by molar-refractivity contribution is 7.91. The van der Waals surface area contributed by atoms with Crippen LogP contribution in [0.4, 0.5) is 32.3 Å². The number of halogens is 3. The van der Waals surface area contributed by atoms with Gasteiger partial charge in [-0.3, -0.25) is 91.2 Å². The zero-order valence-corrected chi connectivity index (χ0v) is 79.8. The second kappa shape index (κ2) is 39.5. The van der Waals surface area contributed by atoms with Gasteiger partial charge in [0.05, 0.1) is 55.0 Å². The van der Waals surface area contributed by atoms with Gasteiger partial charge in [-0.1, -0.05) is 54.6 Å². The number of cyclic esters (lactones) is 3. The minimum Gasteiger partial charge on any atom is -0.452 e. The first-order valence-electron chi connectivity index (χ1n) is 46.6. The van der Waals surface area contributed by atoms with Crippen LogP contribution in [-0.4, -0.2) is 281 Å². The molecule has 0 radical (unpaired) electrons. The van der Waals surface area contributed by atoms with Crippen LogP contribution in [0.25, 0.3) is 0 Å². The lowest BCUT2D eigenvalue weighted by Crippen LogP contribution is -2.60. The van der Waals surface area contributed by atoms with Crippen LogP contribution in [0.5, 0.6) is 0 Å². The average molecular weight is 2040 g/mol. The van der Waals surface area contributed by atoms with Crippen LogP contribution < -0.4 is 40.8 Å². The highest BCUT2D eigenvalue weighted by Gasteiger charge is 2.66. The molecule has 8 N–H and O–H groups in total. The third kappa shape index (κ3) is 22.0. The van der Waals surface area contributed by atoms with Gasteiger partial charge in [-0.05, 0) is 113 Å². The fourth-order valence-electron chi connectivity index (χ4n) is 19.0. The second-order valence-electron chi connectivity index (χ2n) is 39.0. The van der Waals surface area contributed by atoms with E-state index in [0.29, 0.717) is 71.9 Å². The molecule has 764 valence electrons. The number of benzene rings is 3. The zero-order valence-electron chi connectivity index (χ0n) is 77.4. The van der Waals surface area contributed by atoms with Crippen molar-refractivity contribution in [2.75, 3.05) is 26.2 Å². The van der Waals surface area contributed by atoms with E-state index >= 15 is 0 Å². The molecule has 16 atom stereocenters. The second-order valence-corrected chi connectivity index (χ2v) is 44.9. The fourth-order valence-corrected chi connectivity index (χ4v) is 23.1. The molecule has 44 nitrogen and oxygen atoms in total. The number of fused-ring (bicyclic) bond motifs is 3. The Morgan fingerprint density at radius 2 is 0.754 bits per heavy atom. The lowest BCUT2D eigenvalue weighted by atomic mass is 10.1. The molecule has 9 heterocycles. The zero-order chi connectivity index (χ0) is 102. The van der Waals surface area contributed by atoms with E-state index in [1.165, 1.54) is 57.2 Å². The number of ether oxygens (including phenoxy) is 7. The fraction of sp³-hybridized carbons (Fsp3) is 0.554. The van der Waals surface area contributed by atoms with Crippen molar-refractivity contribution in [3.05, 3.63) is 143 Å². The first kappa shape index (κ1) is 102. The molecule has 18 rings (SSSR count). The number of carbonyl (C=O) groups excluding carboxylic acids is 17. The Morgan fingerprint density at radius 3 is 1.04 bits per heavy atom. The first-order valence-corrected chi connectivity index (χ1v) is 51.2. The van der Waals surface area contributed by atoms with E-state index in [1.807, 2.05) is 0 Å². The Kier molecular flexibility index (Phi) is 28.3. The number of alkyl carbamates (subject to hydrolysis) is 1. The van der Waals surface area contributed by atoms with Crippen molar-refractivity contribution in [1.29, 1.82) is 0 Å². The number of hydrogen-bond acceptors (Lipinski definition) is 30. The van der Waals surface area contributed by atoms with Crippen molar-refractivity contribution < 1.29 is 153 Å². The SMILES string of the molecule is C=C[C@@H]1C[C@]1(NC(=O)[C@@H]1C[C@@H](OC(=O)N2Cc3cccc(F)c3C2)CN1C(=O)[C@@H]1CCC(=O)O1)C(=O)NS(=O)(=O)C1CC1.C=C[C@@H]1C[C@]1(NC(=O)[C@@H]1C[C@@H](OC(=O)N2Cc3cccc(F)c3C2)CN1C(=O)[C@H](CNC(=O)[C@@H]1CCC(=O)O1)NC(=O)OC(C)(C)C)C(=O)NS(=O)(=O)C1CC1.C=C[C@@H]1C[C@]1(NC(=O)[C@@H]1C[C@@H](OC(=O)N2Cc3cccc(F)c3C2)CN1C(=O)[C@H]1CCC(=O)O1)C(=O)NS(=O)(=O)C1CC1. The standard InChI is InChI=1S/C36H45FN6O12S.2C28H31FN4O9S/c1-5-20-14-36(20,32(48)41-56(51,52)22-9-10-22)40-29(45)26-13-21(53-34(50)42-16-19-7-6-8-24(37)23(19)18-42)17-43(26)31(47)25(39-33(49)55-35(2,3)4)15-38-30(46)27-11-12-28(44)54-27;2*1-2-16-11-28(16,26(37)31-43(39,40)18-6-7-18)30-24(35)21-10-17(13-33(21)25(36)22-8-9-23(34)42-22)41-27(38)32-12-15-4-3-5-20(29)19(15)14-32/h5-8,20-22,25-27H,1,9-18H2,2-4H3,(H,38,46)(H,39,49)(H,40,45)(H,41,48);2*2-5,16-18,21-22H,1,6-14H2,(H,30,35)(H,31,37)/t20-,21-,25+,26+,27+,36-;16-,17-,21+,22+,28-;16-,17-,21+,22-,28-/m111/s1. The van der Waals surface area contributed by atoms with Gasteiger partial charge in [0, 0.05) is 118 Å². The summed E-state index contributed by atoms with van der Waals surface area (Å²) >= 11 is 0. The first-order chi connectivity index (χ1) is 67.1. The van der Waals surface area contributed by atoms with Gasteiger partial charge in [-0.15, -0.1) is 19.7 Å². The van der Waals surface area contributed by atoms with E-state index in [-0.39, 0.29) is 129 Å². The normalized spacial score (nSPS) is 28.1.